The van der Waals surface area contributed by atoms with Gasteiger partial charge in [-0.05, 0) is 111 Å². The fourth-order valence-corrected chi connectivity index (χ4v) is 13.9. The third-order valence-corrected chi connectivity index (χ3v) is 16.5. The molecule has 3 heterocycles. The molecule has 8 rings (SSSR count). The van der Waals surface area contributed by atoms with Crippen LogP contribution < -0.4 is 5.73 Å². The predicted octanol–water partition coefficient (Wildman–Crippen LogP) is 4.34. The molecular weight excluding hydrogens is 568 g/mol. The van der Waals surface area contributed by atoms with Gasteiger partial charge < -0.3 is 34.9 Å². The first-order valence-electron chi connectivity index (χ1n) is 18.5. The molecule has 14 atom stereocenters. The van der Waals surface area contributed by atoms with Gasteiger partial charge in [0.05, 0.1) is 68.5 Å². The number of hydrogen-bond donors (Lipinski definition) is 3. The quantitative estimate of drug-likeness (QED) is 0.412. The van der Waals surface area contributed by atoms with Crippen LogP contribution in [0.1, 0.15) is 99.8 Å². The monoisotopic (exact) mass is 630 g/mol. The molecule has 45 heavy (non-hydrogen) atoms. The van der Waals surface area contributed by atoms with Gasteiger partial charge >= 0.3 is 0 Å². The highest BCUT2D eigenvalue weighted by atomic mass is 16.7. The molecule has 0 amide bonds. The lowest BCUT2D eigenvalue weighted by Crippen LogP contribution is -2.60. The van der Waals surface area contributed by atoms with E-state index in [1.165, 1.54) is 38.5 Å². The summed E-state index contributed by atoms with van der Waals surface area (Å²) in [6, 6.07) is 0.0497. The molecular formula is C37H62N2O6. The first-order chi connectivity index (χ1) is 21.1. The zero-order valence-electron chi connectivity index (χ0n) is 29.1. The Kier molecular flexibility index (Phi) is 7.18. The lowest BCUT2D eigenvalue weighted by atomic mass is 9.41. The van der Waals surface area contributed by atoms with Crippen molar-refractivity contribution >= 4 is 0 Å². The summed E-state index contributed by atoms with van der Waals surface area (Å²) in [7, 11) is 0. The molecule has 0 aromatic carbocycles. The molecule has 8 heteroatoms. The summed E-state index contributed by atoms with van der Waals surface area (Å²) in [5.41, 5.74) is 6.15. The Balaban J connectivity index is 1.03. The third kappa shape index (κ3) is 4.12. The SMILES string of the molecule is C[C@@H]1C[C@H]([C@H](N)C(C)(C)O)O[C@H]2[C@H]1[C@@]1(C)CC[C@@]34C[C@@]35CCC(O[C@H]3CN(C6COC6)CCO3)C(C)(C)[C@@H]5CC[C@H]4[C@]1(C)[C@H]2O. The highest BCUT2D eigenvalue weighted by Crippen LogP contribution is 2.89. The maximum atomic E-state index is 12.5. The standard InChI is InChI=1S/C37H62N2O6/c1-21-16-23(30(38)33(4,5)41)44-29-28(21)34(6)12-13-37-20-36(37)11-10-26(45-27-17-39(14-15-43-27)22-18-42-19-22)32(2,3)24(36)8-9-25(37)35(34,7)31(29)40/h21-31,40-41H,8-20,38H2,1-7H3/t21-,23-,24+,25+,26?,27+,28+,29+,30+,31+,34-,35-,36-,37+/m1/s1. The molecule has 3 aliphatic heterocycles. The summed E-state index contributed by atoms with van der Waals surface area (Å²) in [4.78, 5) is 2.51. The number of fused-ring (bicyclic) bond motifs is 4. The van der Waals surface area contributed by atoms with Crippen molar-refractivity contribution in [3.63, 3.8) is 0 Å². The van der Waals surface area contributed by atoms with Crippen molar-refractivity contribution in [1.82, 2.24) is 4.90 Å². The van der Waals surface area contributed by atoms with E-state index in [0.717, 1.165) is 45.8 Å². The number of hydrogen-bond acceptors (Lipinski definition) is 8. The van der Waals surface area contributed by atoms with Gasteiger partial charge in [-0.2, -0.15) is 0 Å². The van der Waals surface area contributed by atoms with Crippen molar-refractivity contribution in [3.05, 3.63) is 0 Å². The van der Waals surface area contributed by atoms with Crippen molar-refractivity contribution in [3.8, 4) is 0 Å². The molecule has 0 aromatic rings. The normalized spacial score (nSPS) is 54.9. The Bertz CT molecular complexity index is 1170. The van der Waals surface area contributed by atoms with Gasteiger partial charge in [0.25, 0.3) is 0 Å². The number of aliphatic hydroxyl groups is 2. The Morgan fingerprint density at radius 1 is 1.00 bits per heavy atom. The first-order valence-corrected chi connectivity index (χ1v) is 18.5. The van der Waals surface area contributed by atoms with Crippen molar-refractivity contribution in [2.45, 2.75) is 148 Å². The van der Waals surface area contributed by atoms with Crippen molar-refractivity contribution in [2.75, 3.05) is 32.9 Å². The predicted molar refractivity (Wildman–Crippen MR) is 171 cm³/mol. The average molecular weight is 631 g/mol. The third-order valence-electron chi connectivity index (χ3n) is 16.5. The van der Waals surface area contributed by atoms with Gasteiger partial charge in [-0.25, -0.2) is 0 Å². The minimum Gasteiger partial charge on any atom is -0.390 e. The molecule has 8 nitrogen and oxygen atoms in total. The minimum atomic E-state index is -1.02. The molecule has 8 fully saturated rings. The molecule has 8 aliphatic rings. The van der Waals surface area contributed by atoms with Crippen molar-refractivity contribution < 1.29 is 29.2 Å². The number of aliphatic hydroxyl groups excluding tert-OH is 1. The van der Waals surface area contributed by atoms with E-state index in [9.17, 15) is 10.2 Å². The molecule has 3 saturated heterocycles. The number of morpholine rings is 1. The molecule has 0 aromatic heterocycles. The number of ether oxygens (including phenoxy) is 4. The molecule has 1 unspecified atom stereocenters. The lowest BCUT2D eigenvalue weighted by Gasteiger charge is -2.64. The van der Waals surface area contributed by atoms with Crippen LogP contribution in [0, 0.1) is 50.7 Å². The fraction of sp³-hybridized carbons (Fsp3) is 1.00. The van der Waals surface area contributed by atoms with E-state index in [-0.39, 0.29) is 40.8 Å². The number of nitrogens with two attached hydrogens (primary N) is 1. The zero-order valence-corrected chi connectivity index (χ0v) is 29.1. The summed E-state index contributed by atoms with van der Waals surface area (Å²) in [5.74, 6) is 1.85. The van der Waals surface area contributed by atoms with Crippen LogP contribution in [-0.4, -0.2) is 96.4 Å². The highest BCUT2D eigenvalue weighted by molar-refractivity contribution is 5.33. The Hall–Kier alpha value is -0.320. The van der Waals surface area contributed by atoms with E-state index >= 15 is 0 Å². The van der Waals surface area contributed by atoms with Crippen LogP contribution in [0.3, 0.4) is 0 Å². The molecule has 0 radical (unpaired) electrons. The Morgan fingerprint density at radius 2 is 1.71 bits per heavy atom. The van der Waals surface area contributed by atoms with E-state index in [1.54, 1.807) is 13.8 Å². The van der Waals surface area contributed by atoms with E-state index in [1.807, 2.05) is 0 Å². The van der Waals surface area contributed by atoms with Crippen LogP contribution >= 0.6 is 0 Å². The lowest BCUT2D eigenvalue weighted by molar-refractivity contribution is -0.256. The number of nitrogens with zero attached hydrogens (tertiary/aromatic N) is 1. The van der Waals surface area contributed by atoms with Crippen LogP contribution in [0.15, 0.2) is 0 Å². The van der Waals surface area contributed by atoms with Crippen LogP contribution in [0.2, 0.25) is 0 Å². The summed E-state index contributed by atoms with van der Waals surface area (Å²) in [5, 5.41) is 23.2. The summed E-state index contributed by atoms with van der Waals surface area (Å²) < 4.78 is 25.4. The summed E-state index contributed by atoms with van der Waals surface area (Å²) >= 11 is 0. The van der Waals surface area contributed by atoms with Gasteiger partial charge in [0, 0.05) is 12.0 Å². The second-order valence-corrected chi connectivity index (χ2v) is 18.8. The second kappa shape index (κ2) is 10.1. The van der Waals surface area contributed by atoms with Crippen molar-refractivity contribution in [1.29, 1.82) is 0 Å². The molecule has 0 bridgehead atoms. The van der Waals surface area contributed by atoms with Crippen LogP contribution in [0.5, 0.6) is 0 Å². The van der Waals surface area contributed by atoms with E-state index in [2.05, 4.69) is 39.5 Å². The Labute approximate surface area is 271 Å². The minimum absolute atomic E-state index is 0.0261. The van der Waals surface area contributed by atoms with Gasteiger partial charge in [0.15, 0.2) is 6.29 Å². The van der Waals surface area contributed by atoms with Gasteiger partial charge in [-0.15, -0.1) is 0 Å². The Morgan fingerprint density at radius 3 is 2.40 bits per heavy atom. The largest absolute Gasteiger partial charge is 0.390 e. The maximum Gasteiger partial charge on any atom is 0.170 e. The van der Waals surface area contributed by atoms with E-state index in [4.69, 9.17) is 24.7 Å². The van der Waals surface area contributed by atoms with Crippen molar-refractivity contribution in [2.24, 2.45) is 56.5 Å². The van der Waals surface area contributed by atoms with Gasteiger partial charge in [0.1, 0.15) is 0 Å². The molecule has 2 spiro atoms. The van der Waals surface area contributed by atoms with Gasteiger partial charge in [-0.3, -0.25) is 4.90 Å². The average Bonchev–Trinajstić information content (AvgIpc) is 3.57. The zero-order chi connectivity index (χ0) is 31.9. The molecule has 5 aliphatic carbocycles. The van der Waals surface area contributed by atoms with Gasteiger partial charge in [0.2, 0.25) is 0 Å². The van der Waals surface area contributed by atoms with E-state index < -0.39 is 17.7 Å². The van der Waals surface area contributed by atoms with Crippen LogP contribution in [0.4, 0.5) is 0 Å². The topological polar surface area (TPSA) is 107 Å². The summed E-state index contributed by atoms with van der Waals surface area (Å²) in [6.45, 7) is 20.1. The number of rotatable bonds is 5. The fourth-order valence-electron chi connectivity index (χ4n) is 13.9. The van der Waals surface area contributed by atoms with Crippen LogP contribution in [0.25, 0.3) is 0 Å². The highest BCUT2D eigenvalue weighted by Gasteiger charge is 2.84. The van der Waals surface area contributed by atoms with E-state index in [0.29, 0.717) is 40.5 Å². The maximum absolute atomic E-state index is 12.5. The molecule has 5 saturated carbocycles. The van der Waals surface area contributed by atoms with Gasteiger partial charge in [-0.1, -0.05) is 34.6 Å². The molecule has 4 N–H and O–H groups in total. The smallest absolute Gasteiger partial charge is 0.170 e. The van der Waals surface area contributed by atoms with Crippen LogP contribution in [-0.2, 0) is 18.9 Å². The molecule has 256 valence electrons. The summed E-state index contributed by atoms with van der Waals surface area (Å²) in [6.07, 6.45) is 8.44. The second-order valence-electron chi connectivity index (χ2n) is 18.8. The first kappa shape index (κ1) is 31.9.